The van der Waals surface area contributed by atoms with Gasteiger partial charge in [0.1, 0.15) is 5.75 Å². The molecule has 0 saturated heterocycles. The third-order valence-corrected chi connectivity index (χ3v) is 1.95. The molecule has 78 valence electrons. The average molecular weight is 204 g/mol. The molecule has 0 bridgehead atoms. The number of benzene rings is 1. The highest BCUT2D eigenvalue weighted by atomic mass is 16.5. The predicted octanol–water partition coefficient (Wildman–Crippen LogP) is 2.44. The molecule has 2 rings (SSSR count). The highest BCUT2D eigenvalue weighted by Gasteiger charge is 2.04. The molecule has 0 aliphatic heterocycles. The normalized spacial score (nSPS) is 10.3. The van der Waals surface area contributed by atoms with Gasteiger partial charge in [-0.1, -0.05) is 5.16 Å². The maximum absolute atomic E-state index is 5.34. The van der Waals surface area contributed by atoms with Crippen LogP contribution in [0.2, 0.25) is 0 Å². The summed E-state index contributed by atoms with van der Waals surface area (Å²) in [6.45, 7) is 4.39. The lowest BCUT2D eigenvalue weighted by Gasteiger charge is -2.02. The van der Waals surface area contributed by atoms with Crippen LogP contribution in [0.3, 0.4) is 0 Å². The first-order valence-corrected chi connectivity index (χ1v) is 4.83. The van der Waals surface area contributed by atoms with E-state index in [0.717, 1.165) is 11.3 Å². The van der Waals surface area contributed by atoms with Crippen molar-refractivity contribution in [1.29, 1.82) is 0 Å². The van der Waals surface area contributed by atoms with Crippen molar-refractivity contribution in [2.24, 2.45) is 0 Å². The van der Waals surface area contributed by atoms with Gasteiger partial charge in [0, 0.05) is 12.5 Å². The van der Waals surface area contributed by atoms with Gasteiger partial charge in [0.25, 0.3) is 0 Å². The maximum Gasteiger partial charge on any atom is 0.223 e. The Balaban J connectivity index is 2.23. The molecule has 4 nitrogen and oxygen atoms in total. The van der Waals surface area contributed by atoms with E-state index in [9.17, 15) is 0 Å². The number of aromatic nitrogens is 2. The van der Waals surface area contributed by atoms with Crippen molar-refractivity contribution in [2.45, 2.75) is 13.8 Å². The second kappa shape index (κ2) is 4.13. The fourth-order valence-corrected chi connectivity index (χ4v) is 1.28. The quantitative estimate of drug-likeness (QED) is 0.770. The lowest BCUT2D eigenvalue weighted by Crippen LogP contribution is -1.90. The monoisotopic (exact) mass is 204 g/mol. The Morgan fingerprint density at radius 2 is 2.00 bits per heavy atom. The van der Waals surface area contributed by atoms with E-state index in [1.165, 1.54) is 0 Å². The summed E-state index contributed by atoms with van der Waals surface area (Å²) in [5.74, 6) is 2.02. The van der Waals surface area contributed by atoms with E-state index < -0.39 is 0 Å². The summed E-state index contributed by atoms with van der Waals surface area (Å²) in [5, 5.41) is 3.83. The van der Waals surface area contributed by atoms with Gasteiger partial charge in [0.05, 0.1) is 6.61 Å². The molecule has 0 N–H and O–H groups in total. The molecule has 0 saturated carbocycles. The van der Waals surface area contributed by atoms with Crippen molar-refractivity contribution in [1.82, 2.24) is 10.1 Å². The Hall–Kier alpha value is -1.84. The molecule has 0 amide bonds. The molecule has 2 aromatic rings. The van der Waals surface area contributed by atoms with Gasteiger partial charge in [-0.15, -0.1) is 0 Å². The van der Waals surface area contributed by atoms with Crippen LogP contribution in [0.4, 0.5) is 0 Å². The minimum Gasteiger partial charge on any atom is -0.494 e. The van der Waals surface area contributed by atoms with E-state index >= 15 is 0 Å². The zero-order chi connectivity index (χ0) is 10.7. The topological polar surface area (TPSA) is 48.2 Å². The highest BCUT2D eigenvalue weighted by molar-refractivity contribution is 5.55. The first-order chi connectivity index (χ1) is 7.29. The van der Waals surface area contributed by atoms with Crippen molar-refractivity contribution in [2.75, 3.05) is 6.61 Å². The predicted molar refractivity (Wildman–Crippen MR) is 55.6 cm³/mol. The number of hydrogen-bond donors (Lipinski definition) is 0. The molecule has 1 heterocycles. The lowest BCUT2D eigenvalue weighted by atomic mass is 10.2. The Labute approximate surface area is 87.9 Å². The fraction of sp³-hybridized carbons (Fsp3) is 0.273. The van der Waals surface area contributed by atoms with Crippen LogP contribution in [0.1, 0.15) is 12.8 Å². The Morgan fingerprint density at radius 3 is 2.53 bits per heavy atom. The van der Waals surface area contributed by atoms with Crippen molar-refractivity contribution < 1.29 is 9.26 Å². The zero-order valence-electron chi connectivity index (χ0n) is 8.73. The van der Waals surface area contributed by atoms with E-state index in [2.05, 4.69) is 10.1 Å². The SMILES string of the molecule is CCOc1ccc(-c2noc(C)n2)cc1. The van der Waals surface area contributed by atoms with Crippen LogP contribution in [-0.2, 0) is 0 Å². The molecule has 4 heteroatoms. The molecule has 0 fully saturated rings. The standard InChI is InChI=1S/C11H12N2O2/c1-3-14-10-6-4-9(5-7-10)11-12-8(2)15-13-11/h4-7H,3H2,1-2H3. The van der Waals surface area contributed by atoms with E-state index in [-0.39, 0.29) is 0 Å². The van der Waals surface area contributed by atoms with Gasteiger partial charge in [-0.3, -0.25) is 0 Å². The number of aryl methyl sites for hydroxylation is 1. The molecular weight excluding hydrogens is 192 g/mol. The van der Waals surface area contributed by atoms with Gasteiger partial charge in [-0.05, 0) is 31.2 Å². The van der Waals surface area contributed by atoms with Crippen LogP contribution < -0.4 is 4.74 Å². The average Bonchev–Trinajstić information content (AvgIpc) is 2.67. The van der Waals surface area contributed by atoms with Gasteiger partial charge in [0.15, 0.2) is 0 Å². The van der Waals surface area contributed by atoms with Crippen LogP contribution in [0, 0.1) is 6.92 Å². The summed E-state index contributed by atoms with van der Waals surface area (Å²) in [6.07, 6.45) is 0. The van der Waals surface area contributed by atoms with E-state index in [0.29, 0.717) is 18.3 Å². The summed E-state index contributed by atoms with van der Waals surface area (Å²) >= 11 is 0. The molecule has 0 aliphatic carbocycles. The van der Waals surface area contributed by atoms with Gasteiger partial charge >= 0.3 is 0 Å². The van der Waals surface area contributed by atoms with Gasteiger partial charge in [-0.25, -0.2) is 0 Å². The van der Waals surface area contributed by atoms with Crippen LogP contribution in [0.25, 0.3) is 11.4 Å². The minimum absolute atomic E-state index is 0.568. The van der Waals surface area contributed by atoms with Gasteiger partial charge in [0.2, 0.25) is 11.7 Å². The molecule has 0 unspecified atom stereocenters. The smallest absolute Gasteiger partial charge is 0.223 e. The van der Waals surface area contributed by atoms with Crippen molar-refractivity contribution in [3.8, 4) is 17.1 Å². The Bertz CT molecular complexity index is 434. The molecular formula is C11H12N2O2. The van der Waals surface area contributed by atoms with Crippen molar-refractivity contribution in [3.63, 3.8) is 0 Å². The molecule has 1 aromatic carbocycles. The van der Waals surface area contributed by atoms with Gasteiger partial charge < -0.3 is 9.26 Å². The summed E-state index contributed by atoms with van der Waals surface area (Å²) < 4.78 is 10.2. The summed E-state index contributed by atoms with van der Waals surface area (Å²) in [6, 6.07) is 7.61. The van der Waals surface area contributed by atoms with E-state index in [1.54, 1.807) is 6.92 Å². The maximum atomic E-state index is 5.34. The van der Waals surface area contributed by atoms with Crippen LogP contribution in [0.5, 0.6) is 5.75 Å². The number of hydrogen-bond acceptors (Lipinski definition) is 4. The second-order valence-corrected chi connectivity index (χ2v) is 3.09. The number of nitrogens with zero attached hydrogens (tertiary/aromatic N) is 2. The third kappa shape index (κ3) is 2.15. The zero-order valence-corrected chi connectivity index (χ0v) is 8.73. The molecule has 1 aromatic heterocycles. The van der Waals surface area contributed by atoms with E-state index in [1.807, 2.05) is 31.2 Å². The molecule has 0 atom stereocenters. The second-order valence-electron chi connectivity index (χ2n) is 3.09. The molecule has 0 spiro atoms. The summed E-state index contributed by atoms with van der Waals surface area (Å²) in [4.78, 5) is 4.14. The molecule has 0 radical (unpaired) electrons. The first-order valence-electron chi connectivity index (χ1n) is 4.83. The summed E-state index contributed by atoms with van der Waals surface area (Å²) in [7, 11) is 0. The first kappa shape index (κ1) is 9.71. The van der Waals surface area contributed by atoms with Crippen molar-refractivity contribution >= 4 is 0 Å². The number of ether oxygens (including phenoxy) is 1. The van der Waals surface area contributed by atoms with E-state index in [4.69, 9.17) is 9.26 Å². The van der Waals surface area contributed by atoms with Crippen molar-refractivity contribution in [3.05, 3.63) is 30.2 Å². The largest absolute Gasteiger partial charge is 0.494 e. The molecule has 15 heavy (non-hydrogen) atoms. The highest BCUT2D eigenvalue weighted by Crippen LogP contribution is 2.19. The Kier molecular flexibility index (Phi) is 2.67. The minimum atomic E-state index is 0.568. The fourth-order valence-electron chi connectivity index (χ4n) is 1.28. The summed E-state index contributed by atoms with van der Waals surface area (Å²) in [5.41, 5.74) is 0.926. The lowest BCUT2D eigenvalue weighted by molar-refractivity contribution is 0.340. The van der Waals surface area contributed by atoms with Crippen LogP contribution in [-0.4, -0.2) is 16.7 Å². The van der Waals surface area contributed by atoms with Crippen LogP contribution >= 0.6 is 0 Å². The molecule has 0 aliphatic rings. The Morgan fingerprint density at radius 1 is 1.27 bits per heavy atom. The number of rotatable bonds is 3. The third-order valence-electron chi connectivity index (χ3n) is 1.95. The van der Waals surface area contributed by atoms with Crippen LogP contribution in [0.15, 0.2) is 28.8 Å². The van der Waals surface area contributed by atoms with Gasteiger partial charge in [-0.2, -0.15) is 4.98 Å².